The number of hydrogen-bond donors (Lipinski definition) is 0. The number of rotatable bonds is 5. The van der Waals surface area contributed by atoms with Crippen molar-refractivity contribution >= 4 is 11.0 Å². The molecular weight excluding hydrogens is 661 g/mol. The molecule has 2 heterocycles. The normalized spacial score (nSPS) is 13.3. The largest absolute Gasteiger partial charge is 0.450 e. The molecule has 1 aromatic heterocycles. The highest BCUT2D eigenvalue weighted by molar-refractivity contribution is 5.90. The zero-order chi connectivity index (χ0) is 35.6. The van der Waals surface area contributed by atoms with E-state index < -0.39 is 5.41 Å². The predicted molar refractivity (Wildman–Crippen MR) is 216 cm³/mol. The molecule has 1 aliphatic heterocycles. The van der Waals surface area contributed by atoms with Gasteiger partial charge < -0.3 is 9.47 Å². The minimum atomic E-state index is -0.517. The highest BCUT2D eigenvalue weighted by Gasteiger charge is 2.47. The van der Waals surface area contributed by atoms with Crippen LogP contribution in [-0.2, 0) is 5.41 Å². The van der Waals surface area contributed by atoms with Crippen LogP contribution in [0.25, 0.3) is 50.4 Å². The fraction of sp³-hybridized carbons (Fsp3) is 0.0200. The average molecular weight is 693 g/mol. The van der Waals surface area contributed by atoms with Crippen molar-refractivity contribution in [1.82, 2.24) is 9.55 Å². The van der Waals surface area contributed by atoms with E-state index in [4.69, 9.17) is 14.5 Å². The van der Waals surface area contributed by atoms with E-state index in [0.29, 0.717) is 23.0 Å². The Bertz CT molecular complexity index is 2840. The Labute approximate surface area is 313 Å². The van der Waals surface area contributed by atoms with Crippen molar-refractivity contribution in [3.05, 3.63) is 216 Å². The van der Waals surface area contributed by atoms with Crippen LogP contribution in [0.2, 0.25) is 0 Å². The smallest absolute Gasteiger partial charge is 0.170 e. The summed E-state index contributed by atoms with van der Waals surface area (Å²) >= 11 is 0. The summed E-state index contributed by atoms with van der Waals surface area (Å²) in [6, 6.07) is 68.1. The van der Waals surface area contributed by atoms with Gasteiger partial charge in [0.2, 0.25) is 0 Å². The van der Waals surface area contributed by atoms with E-state index in [0.717, 1.165) is 44.8 Å². The van der Waals surface area contributed by atoms with Crippen LogP contribution < -0.4 is 9.47 Å². The third-order valence-corrected chi connectivity index (χ3v) is 11.0. The number of aromatic nitrogens is 2. The van der Waals surface area contributed by atoms with Gasteiger partial charge in [0.1, 0.15) is 5.82 Å². The quantitative estimate of drug-likeness (QED) is 0.180. The first-order chi connectivity index (χ1) is 26.8. The van der Waals surface area contributed by atoms with Crippen molar-refractivity contribution in [3.8, 4) is 62.3 Å². The van der Waals surface area contributed by atoms with Gasteiger partial charge in [-0.05, 0) is 93.0 Å². The molecular formula is C50H32N2O2. The second kappa shape index (κ2) is 11.9. The second-order valence-electron chi connectivity index (χ2n) is 13.9. The molecule has 0 unspecified atom stereocenters. The van der Waals surface area contributed by atoms with Gasteiger partial charge in [0, 0.05) is 11.3 Å². The molecule has 0 saturated heterocycles. The van der Waals surface area contributed by atoms with Crippen molar-refractivity contribution < 1.29 is 9.47 Å². The summed E-state index contributed by atoms with van der Waals surface area (Å²) in [5.74, 6) is 3.64. The Morgan fingerprint density at radius 2 is 0.981 bits per heavy atom. The van der Waals surface area contributed by atoms with Crippen molar-refractivity contribution in [1.29, 1.82) is 0 Å². The number of hydrogen-bond acceptors (Lipinski definition) is 3. The SMILES string of the molecule is c1ccc(-n2c(-c3ccccc3-c3ccc4c(c3)Oc3cc5c(cc3O4)C(c3ccccc3)(c3ccccc3)c3ccccc3-5)nc3ccccc32)cc1. The van der Waals surface area contributed by atoms with Crippen LogP contribution in [0.3, 0.4) is 0 Å². The molecule has 0 bridgehead atoms. The van der Waals surface area contributed by atoms with Crippen LogP contribution in [0.5, 0.6) is 23.0 Å². The molecule has 0 N–H and O–H groups in total. The lowest BCUT2D eigenvalue weighted by Gasteiger charge is -2.34. The van der Waals surface area contributed by atoms with Gasteiger partial charge in [-0.15, -0.1) is 0 Å². The molecule has 11 rings (SSSR count). The van der Waals surface area contributed by atoms with E-state index in [9.17, 15) is 0 Å². The zero-order valence-corrected chi connectivity index (χ0v) is 29.2. The van der Waals surface area contributed by atoms with E-state index in [2.05, 4.69) is 180 Å². The molecule has 8 aromatic carbocycles. The van der Waals surface area contributed by atoms with Crippen LogP contribution in [-0.4, -0.2) is 9.55 Å². The number of fused-ring (bicyclic) bond motifs is 6. The number of nitrogens with zero attached hydrogens (tertiary/aromatic N) is 2. The predicted octanol–water partition coefficient (Wildman–Crippen LogP) is 12.6. The first-order valence-electron chi connectivity index (χ1n) is 18.3. The van der Waals surface area contributed by atoms with Crippen molar-refractivity contribution in [2.75, 3.05) is 0 Å². The standard InChI is InChI=1S/C50H32N2O2/c1-4-16-34(17-5-1)50(35-18-6-2-7-19-35)41-25-13-12-23-38(41)40-31-47-48(32-42(40)50)53-45-29-28-33(30-46(45)54-47)37-22-10-11-24-39(37)49-51-43-26-14-15-27-44(43)52(49)36-20-8-3-9-21-36/h1-32H. The van der Waals surface area contributed by atoms with Crippen LogP contribution in [0, 0.1) is 0 Å². The van der Waals surface area contributed by atoms with Crippen LogP contribution in [0.1, 0.15) is 22.3 Å². The highest BCUT2D eigenvalue weighted by atomic mass is 16.6. The number of benzene rings is 8. The molecule has 9 aromatic rings. The van der Waals surface area contributed by atoms with Crippen molar-refractivity contribution in [2.45, 2.75) is 5.41 Å². The van der Waals surface area contributed by atoms with Gasteiger partial charge in [0.25, 0.3) is 0 Å². The second-order valence-corrected chi connectivity index (χ2v) is 13.9. The molecule has 0 spiro atoms. The van der Waals surface area contributed by atoms with Crippen molar-refractivity contribution in [3.63, 3.8) is 0 Å². The maximum atomic E-state index is 6.80. The first-order valence-corrected chi connectivity index (χ1v) is 18.3. The van der Waals surface area contributed by atoms with Crippen LogP contribution >= 0.6 is 0 Å². The molecule has 0 amide bonds. The van der Waals surface area contributed by atoms with Crippen LogP contribution in [0.15, 0.2) is 194 Å². The summed E-state index contributed by atoms with van der Waals surface area (Å²) in [6.07, 6.45) is 0. The summed E-state index contributed by atoms with van der Waals surface area (Å²) in [5, 5.41) is 0. The lowest BCUT2D eigenvalue weighted by Crippen LogP contribution is -2.28. The van der Waals surface area contributed by atoms with Crippen molar-refractivity contribution in [2.24, 2.45) is 0 Å². The van der Waals surface area contributed by atoms with E-state index in [1.165, 1.54) is 27.8 Å². The summed E-state index contributed by atoms with van der Waals surface area (Å²) in [5.41, 5.74) is 12.8. The van der Waals surface area contributed by atoms with Gasteiger partial charge in [-0.25, -0.2) is 4.98 Å². The lowest BCUT2D eigenvalue weighted by atomic mass is 9.67. The molecule has 2 aliphatic rings. The van der Waals surface area contributed by atoms with E-state index >= 15 is 0 Å². The maximum Gasteiger partial charge on any atom is 0.170 e. The Morgan fingerprint density at radius 1 is 0.407 bits per heavy atom. The molecule has 4 nitrogen and oxygen atoms in total. The molecule has 1 aliphatic carbocycles. The molecule has 0 fully saturated rings. The van der Waals surface area contributed by atoms with Gasteiger partial charge in [-0.1, -0.05) is 146 Å². The molecule has 54 heavy (non-hydrogen) atoms. The van der Waals surface area contributed by atoms with Gasteiger partial charge in [0.05, 0.1) is 16.4 Å². The fourth-order valence-electron chi connectivity index (χ4n) is 8.66. The minimum Gasteiger partial charge on any atom is -0.450 e. The number of imidazole rings is 1. The van der Waals surface area contributed by atoms with Crippen LogP contribution in [0.4, 0.5) is 0 Å². The van der Waals surface area contributed by atoms with Gasteiger partial charge >= 0.3 is 0 Å². The summed E-state index contributed by atoms with van der Waals surface area (Å²) in [4.78, 5) is 5.18. The Balaban J connectivity index is 1.04. The number of ether oxygens (including phenoxy) is 2. The summed E-state index contributed by atoms with van der Waals surface area (Å²) in [7, 11) is 0. The van der Waals surface area contributed by atoms with Gasteiger partial charge in [0.15, 0.2) is 23.0 Å². The molecule has 0 atom stereocenters. The fourth-order valence-corrected chi connectivity index (χ4v) is 8.66. The van der Waals surface area contributed by atoms with E-state index in [1.54, 1.807) is 0 Å². The van der Waals surface area contributed by atoms with E-state index in [1.807, 2.05) is 18.2 Å². The Morgan fingerprint density at radius 3 is 1.74 bits per heavy atom. The molecule has 0 radical (unpaired) electrons. The average Bonchev–Trinajstić information content (AvgIpc) is 3.77. The maximum absolute atomic E-state index is 6.80. The highest BCUT2D eigenvalue weighted by Crippen LogP contribution is 2.60. The first kappa shape index (κ1) is 30.5. The summed E-state index contributed by atoms with van der Waals surface area (Å²) < 4.78 is 15.8. The summed E-state index contributed by atoms with van der Waals surface area (Å²) in [6.45, 7) is 0. The van der Waals surface area contributed by atoms with E-state index in [-0.39, 0.29) is 0 Å². The molecule has 0 saturated carbocycles. The number of para-hydroxylation sites is 3. The Hall–Kier alpha value is -7.17. The third-order valence-electron chi connectivity index (χ3n) is 11.0. The van der Waals surface area contributed by atoms with Gasteiger partial charge in [-0.3, -0.25) is 4.57 Å². The minimum absolute atomic E-state index is 0.517. The third kappa shape index (κ3) is 4.47. The monoisotopic (exact) mass is 692 g/mol. The Kier molecular flexibility index (Phi) is 6.73. The molecule has 4 heteroatoms. The topological polar surface area (TPSA) is 36.3 Å². The molecule has 254 valence electrons. The van der Waals surface area contributed by atoms with Gasteiger partial charge in [-0.2, -0.15) is 0 Å². The lowest BCUT2D eigenvalue weighted by molar-refractivity contribution is 0.359. The zero-order valence-electron chi connectivity index (χ0n) is 29.2.